The maximum atomic E-state index is 12.6. The van der Waals surface area contributed by atoms with Crippen molar-refractivity contribution in [1.82, 2.24) is 9.80 Å². The molecule has 0 aromatic heterocycles. The number of fused-ring (bicyclic) bond motifs is 2. The zero-order chi connectivity index (χ0) is 12.7. The standard InChI is InChI=1S/C15H26N2O/c1-11(2)16-9-13-8-14(10-16)17(13)15(18)12-6-4-3-5-7-12/h11-14H,3-10H2,1-2H3. The predicted octanol–water partition coefficient (Wildman–Crippen LogP) is 2.26. The fourth-order valence-corrected chi connectivity index (χ4v) is 3.98. The van der Waals surface area contributed by atoms with Gasteiger partial charge in [0.2, 0.25) is 5.91 Å². The molecule has 1 amide bonds. The third-order valence-electron chi connectivity index (χ3n) is 5.16. The van der Waals surface area contributed by atoms with E-state index in [9.17, 15) is 4.79 Å². The second kappa shape index (κ2) is 4.84. The van der Waals surface area contributed by atoms with E-state index >= 15 is 0 Å². The van der Waals surface area contributed by atoms with Crippen molar-refractivity contribution >= 4 is 5.91 Å². The molecule has 1 aliphatic carbocycles. The zero-order valence-corrected chi connectivity index (χ0v) is 11.8. The molecule has 0 N–H and O–H groups in total. The van der Waals surface area contributed by atoms with Gasteiger partial charge in [0.25, 0.3) is 0 Å². The Morgan fingerprint density at radius 1 is 1.06 bits per heavy atom. The number of amides is 1. The number of nitrogens with zero attached hydrogens (tertiary/aromatic N) is 2. The molecule has 102 valence electrons. The Bertz CT molecular complexity index is 310. The second-order valence-corrected chi connectivity index (χ2v) is 6.67. The van der Waals surface area contributed by atoms with E-state index < -0.39 is 0 Å². The SMILES string of the molecule is CC(C)N1CC2CC(C1)N2C(=O)C1CCCCC1. The van der Waals surface area contributed by atoms with Crippen LogP contribution in [0.2, 0.25) is 0 Å². The summed E-state index contributed by atoms with van der Waals surface area (Å²) in [6.45, 7) is 6.73. The molecule has 0 aromatic rings. The summed E-state index contributed by atoms with van der Waals surface area (Å²) >= 11 is 0. The lowest BCUT2D eigenvalue weighted by atomic mass is 9.82. The summed E-state index contributed by atoms with van der Waals surface area (Å²) in [7, 11) is 0. The molecule has 1 saturated carbocycles. The maximum absolute atomic E-state index is 12.6. The number of carbonyl (C=O) groups excluding carboxylic acids is 1. The van der Waals surface area contributed by atoms with E-state index in [1.165, 1.54) is 25.7 Å². The monoisotopic (exact) mass is 250 g/mol. The predicted molar refractivity (Wildman–Crippen MR) is 72.3 cm³/mol. The smallest absolute Gasteiger partial charge is 0.226 e. The zero-order valence-electron chi connectivity index (χ0n) is 11.8. The van der Waals surface area contributed by atoms with E-state index in [0.29, 0.717) is 30.0 Å². The number of piperidine rings is 1. The van der Waals surface area contributed by atoms with Gasteiger partial charge in [-0.25, -0.2) is 0 Å². The number of hydrogen-bond acceptors (Lipinski definition) is 2. The van der Waals surface area contributed by atoms with Crippen molar-refractivity contribution in [3.05, 3.63) is 0 Å². The minimum Gasteiger partial charge on any atom is -0.334 e. The lowest BCUT2D eigenvalue weighted by Gasteiger charge is -2.58. The van der Waals surface area contributed by atoms with Crippen LogP contribution in [0.3, 0.4) is 0 Å². The molecule has 18 heavy (non-hydrogen) atoms. The fourth-order valence-electron chi connectivity index (χ4n) is 3.98. The van der Waals surface area contributed by atoms with Gasteiger partial charge in [0.15, 0.2) is 0 Å². The van der Waals surface area contributed by atoms with E-state index in [2.05, 4.69) is 23.6 Å². The van der Waals surface area contributed by atoms with Crippen molar-refractivity contribution in [2.24, 2.45) is 5.92 Å². The Hall–Kier alpha value is -0.570. The third kappa shape index (κ3) is 2.07. The van der Waals surface area contributed by atoms with Gasteiger partial charge in [-0.3, -0.25) is 9.69 Å². The van der Waals surface area contributed by atoms with Gasteiger partial charge in [-0.2, -0.15) is 0 Å². The number of hydrogen-bond donors (Lipinski definition) is 0. The highest BCUT2D eigenvalue weighted by atomic mass is 16.2. The Kier molecular flexibility index (Phi) is 3.35. The average molecular weight is 250 g/mol. The van der Waals surface area contributed by atoms with Crippen molar-refractivity contribution in [3.63, 3.8) is 0 Å². The summed E-state index contributed by atoms with van der Waals surface area (Å²) in [5, 5.41) is 0. The molecular formula is C15H26N2O. The first kappa shape index (κ1) is 12.5. The normalized spacial score (nSPS) is 33.6. The van der Waals surface area contributed by atoms with Gasteiger partial charge < -0.3 is 4.90 Å². The van der Waals surface area contributed by atoms with E-state index in [1.54, 1.807) is 0 Å². The summed E-state index contributed by atoms with van der Waals surface area (Å²) in [4.78, 5) is 17.4. The molecule has 0 aromatic carbocycles. The fraction of sp³-hybridized carbons (Fsp3) is 0.933. The Morgan fingerprint density at radius 3 is 2.22 bits per heavy atom. The minimum atomic E-state index is 0.356. The first-order valence-electron chi connectivity index (χ1n) is 7.73. The summed E-state index contributed by atoms with van der Waals surface area (Å²) in [5.41, 5.74) is 0. The van der Waals surface area contributed by atoms with Gasteiger partial charge in [-0.15, -0.1) is 0 Å². The van der Waals surface area contributed by atoms with E-state index in [-0.39, 0.29) is 0 Å². The molecular weight excluding hydrogens is 224 g/mol. The van der Waals surface area contributed by atoms with Crippen LogP contribution < -0.4 is 0 Å². The molecule has 3 aliphatic heterocycles. The van der Waals surface area contributed by atoms with Crippen molar-refractivity contribution < 1.29 is 4.79 Å². The summed E-state index contributed by atoms with van der Waals surface area (Å²) in [6, 6.07) is 1.68. The number of piperazine rings is 1. The van der Waals surface area contributed by atoms with Crippen molar-refractivity contribution in [3.8, 4) is 0 Å². The average Bonchev–Trinajstić information content (AvgIpc) is 2.39. The first-order valence-corrected chi connectivity index (χ1v) is 7.73. The van der Waals surface area contributed by atoms with Crippen molar-refractivity contribution in [1.29, 1.82) is 0 Å². The quantitative estimate of drug-likeness (QED) is 0.750. The summed E-state index contributed by atoms with van der Waals surface area (Å²) in [6.07, 6.45) is 7.39. The van der Waals surface area contributed by atoms with Crippen LogP contribution in [-0.2, 0) is 4.79 Å². The van der Waals surface area contributed by atoms with Crippen LogP contribution in [0.5, 0.6) is 0 Å². The van der Waals surface area contributed by atoms with Gasteiger partial charge in [0.05, 0.1) is 0 Å². The van der Waals surface area contributed by atoms with Crippen molar-refractivity contribution in [2.45, 2.75) is 70.5 Å². The maximum Gasteiger partial charge on any atom is 0.226 e. The molecule has 4 fully saturated rings. The van der Waals surface area contributed by atoms with E-state index in [1.807, 2.05) is 0 Å². The van der Waals surface area contributed by atoms with Crippen LogP contribution >= 0.6 is 0 Å². The molecule has 2 bridgehead atoms. The Labute approximate surface area is 111 Å². The molecule has 3 nitrogen and oxygen atoms in total. The van der Waals surface area contributed by atoms with Crippen molar-refractivity contribution in [2.75, 3.05) is 13.1 Å². The van der Waals surface area contributed by atoms with Crippen LogP contribution in [-0.4, -0.2) is 46.9 Å². The summed E-state index contributed by atoms with van der Waals surface area (Å²) < 4.78 is 0. The van der Waals surface area contributed by atoms with E-state index in [0.717, 1.165) is 25.9 Å². The molecule has 0 radical (unpaired) electrons. The van der Waals surface area contributed by atoms with Crippen LogP contribution in [0, 0.1) is 5.92 Å². The minimum absolute atomic E-state index is 0.356. The molecule has 3 heteroatoms. The summed E-state index contributed by atoms with van der Waals surface area (Å²) in [5.74, 6) is 0.842. The molecule has 0 spiro atoms. The number of rotatable bonds is 2. The first-order chi connectivity index (χ1) is 8.66. The highest BCUT2D eigenvalue weighted by Crippen LogP contribution is 2.36. The molecule has 3 saturated heterocycles. The Balaban J connectivity index is 1.60. The van der Waals surface area contributed by atoms with Gasteiger partial charge >= 0.3 is 0 Å². The molecule has 3 heterocycles. The third-order valence-corrected chi connectivity index (χ3v) is 5.16. The van der Waals surface area contributed by atoms with E-state index in [4.69, 9.17) is 0 Å². The molecule has 2 atom stereocenters. The lowest BCUT2D eigenvalue weighted by molar-refractivity contribution is -0.160. The molecule has 4 aliphatic rings. The second-order valence-electron chi connectivity index (χ2n) is 6.67. The largest absolute Gasteiger partial charge is 0.334 e. The van der Waals surface area contributed by atoms with Crippen LogP contribution in [0.4, 0.5) is 0 Å². The lowest BCUT2D eigenvalue weighted by Crippen LogP contribution is -2.71. The molecule has 2 unspecified atom stereocenters. The van der Waals surface area contributed by atoms with Crippen LogP contribution in [0.1, 0.15) is 52.4 Å². The Morgan fingerprint density at radius 2 is 1.67 bits per heavy atom. The highest BCUT2D eigenvalue weighted by molar-refractivity contribution is 5.80. The van der Waals surface area contributed by atoms with Crippen LogP contribution in [0.15, 0.2) is 0 Å². The molecule has 4 rings (SSSR count). The highest BCUT2D eigenvalue weighted by Gasteiger charge is 2.48. The van der Waals surface area contributed by atoms with Crippen LogP contribution in [0.25, 0.3) is 0 Å². The van der Waals surface area contributed by atoms with Gasteiger partial charge in [-0.05, 0) is 33.1 Å². The number of carbonyl (C=O) groups is 1. The van der Waals surface area contributed by atoms with Gasteiger partial charge in [-0.1, -0.05) is 19.3 Å². The van der Waals surface area contributed by atoms with Gasteiger partial charge in [0, 0.05) is 37.1 Å². The van der Waals surface area contributed by atoms with Gasteiger partial charge in [0.1, 0.15) is 0 Å². The topological polar surface area (TPSA) is 23.6 Å².